The fourth-order valence-corrected chi connectivity index (χ4v) is 5.16. The van der Waals surface area contributed by atoms with Crippen LogP contribution in [0.5, 0.6) is 0 Å². The molecule has 0 aliphatic heterocycles. The quantitative estimate of drug-likeness (QED) is 0.156. The van der Waals surface area contributed by atoms with Gasteiger partial charge < -0.3 is 30.7 Å². The number of hydrogen-bond acceptors (Lipinski definition) is 6. The lowest BCUT2D eigenvalue weighted by Gasteiger charge is -2.25. The van der Waals surface area contributed by atoms with Gasteiger partial charge in [0.25, 0.3) is 11.8 Å². The molecule has 0 bridgehead atoms. The summed E-state index contributed by atoms with van der Waals surface area (Å²) < 4.78 is 33.2. The number of aliphatic hydroxyl groups excluding tert-OH is 1. The van der Waals surface area contributed by atoms with Crippen LogP contribution >= 0.6 is 0 Å². The molecule has 4 amide bonds. The predicted octanol–water partition coefficient (Wildman–Crippen LogP) is 5.44. The molecule has 10 nitrogen and oxygen atoms in total. The van der Waals surface area contributed by atoms with Crippen LogP contribution in [0.15, 0.2) is 36.4 Å². The molecule has 2 rings (SSSR count). The van der Waals surface area contributed by atoms with Crippen molar-refractivity contribution in [2.75, 3.05) is 26.2 Å². The van der Waals surface area contributed by atoms with E-state index in [-0.39, 0.29) is 48.7 Å². The van der Waals surface area contributed by atoms with Crippen molar-refractivity contribution < 1.29 is 37.8 Å². The van der Waals surface area contributed by atoms with E-state index in [1.165, 1.54) is 6.07 Å². The average molecular weight is 675 g/mol. The molecule has 0 aliphatic carbocycles. The highest BCUT2D eigenvalue weighted by Gasteiger charge is 2.25. The molecule has 2 atom stereocenters. The summed E-state index contributed by atoms with van der Waals surface area (Å²) in [6.45, 7) is 12.7. The first kappa shape index (κ1) is 40.1. The van der Waals surface area contributed by atoms with Crippen molar-refractivity contribution in [2.24, 2.45) is 0 Å². The van der Waals surface area contributed by atoms with Crippen LogP contribution in [0, 0.1) is 18.6 Å². The standard InChI is InChI=1S/C36H52F2N4O6/c1-7-15-42(16-8-2)34(46)27-18-24(3)17-26(22-27)33(45)41-30(21-25-19-28(37)23-29(38)20-25)31(43)12-14-39-32(44)11-9-10-13-40-35(47)48-36(4,5)6/h17-20,22-23,30-31,43H,7-16,21H2,1-6H3,(H,39,44)(H,40,47)(H,41,45)/t30-,31-/m0/s1. The van der Waals surface area contributed by atoms with Crippen LogP contribution in [0.2, 0.25) is 0 Å². The van der Waals surface area contributed by atoms with E-state index in [4.69, 9.17) is 4.74 Å². The number of alkyl carbamates (subject to hydrolysis) is 1. The number of aryl methyl sites for hydroxylation is 1. The van der Waals surface area contributed by atoms with Crippen LogP contribution in [-0.4, -0.2) is 77.7 Å². The molecule has 0 aliphatic rings. The van der Waals surface area contributed by atoms with Gasteiger partial charge in [0.2, 0.25) is 5.91 Å². The number of hydrogen-bond donors (Lipinski definition) is 4. The van der Waals surface area contributed by atoms with Gasteiger partial charge in [0.05, 0.1) is 12.1 Å². The van der Waals surface area contributed by atoms with Gasteiger partial charge in [0.15, 0.2) is 0 Å². The number of carbonyl (C=O) groups is 4. The van der Waals surface area contributed by atoms with Crippen LogP contribution in [-0.2, 0) is 16.0 Å². The number of halogens is 2. The minimum Gasteiger partial charge on any atom is -0.444 e. The molecule has 4 N–H and O–H groups in total. The second-order valence-corrected chi connectivity index (χ2v) is 13.0. The van der Waals surface area contributed by atoms with Crippen LogP contribution in [0.25, 0.3) is 0 Å². The van der Waals surface area contributed by atoms with Gasteiger partial charge in [-0.2, -0.15) is 0 Å². The highest BCUT2D eigenvalue weighted by molar-refractivity contribution is 6.00. The summed E-state index contributed by atoms with van der Waals surface area (Å²) in [6.07, 6.45) is 1.13. The van der Waals surface area contributed by atoms with Crippen LogP contribution < -0.4 is 16.0 Å². The summed E-state index contributed by atoms with van der Waals surface area (Å²) in [4.78, 5) is 52.6. The normalized spacial score (nSPS) is 12.5. The molecule has 266 valence electrons. The molecule has 0 unspecified atom stereocenters. The Morgan fingerprint density at radius 2 is 1.50 bits per heavy atom. The van der Waals surface area contributed by atoms with Gasteiger partial charge in [0.1, 0.15) is 17.2 Å². The van der Waals surface area contributed by atoms with E-state index in [0.29, 0.717) is 43.6 Å². The molecule has 2 aromatic rings. The number of nitrogens with zero attached hydrogens (tertiary/aromatic N) is 1. The zero-order chi connectivity index (χ0) is 35.9. The summed E-state index contributed by atoms with van der Waals surface area (Å²) in [5.41, 5.74) is 0.916. The Hall–Kier alpha value is -4.06. The Balaban J connectivity index is 2.06. The number of ether oxygens (including phenoxy) is 1. The number of rotatable bonds is 18. The summed E-state index contributed by atoms with van der Waals surface area (Å²) >= 11 is 0. The Morgan fingerprint density at radius 1 is 0.875 bits per heavy atom. The first-order valence-electron chi connectivity index (χ1n) is 16.7. The smallest absolute Gasteiger partial charge is 0.407 e. The number of amides is 4. The molecule has 0 radical (unpaired) electrons. The second kappa shape index (κ2) is 19.7. The van der Waals surface area contributed by atoms with Gasteiger partial charge in [-0.15, -0.1) is 0 Å². The van der Waals surface area contributed by atoms with E-state index in [9.17, 15) is 33.1 Å². The van der Waals surface area contributed by atoms with E-state index >= 15 is 0 Å². The van der Waals surface area contributed by atoms with E-state index in [0.717, 1.165) is 31.0 Å². The summed E-state index contributed by atoms with van der Waals surface area (Å²) in [5, 5.41) is 19.3. The lowest BCUT2D eigenvalue weighted by atomic mass is 9.97. The first-order chi connectivity index (χ1) is 22.6. The van der Waals surface area contributed by atoms with E-state index in [2.05, 4.69) is 16.0 Å². The van der Waals surface area contributed by atoms with Gasteiger partial charge in [-0.3, -0.25) is 14.4 Å². The summed E-state index contributed by atoms with van der Waals surface area (Å²) in [5.74, 6) is -2.56. The zero-order valence-electron chi connectivity index (χ0n) is 29.1. The topological polar surface area (TPSA) is 137 Å². The molecule has 2 aromatic carbocycles. The maximum atomic E-state index is 14.0. The highest BCUT2D eigenvalue weighted by Crippen LogP contribution is 2.17. The number of unbranched alkanes of at least 4 members (excludes halogenated alkanes) is 1. The lowest BCUT2D eigenvalue weighted by molar-refractivity contribution is -0.121. The van der Waals surface area contributed by atoms with E-state index in [1.54, 1.807) is 44.7 Å². The molecular weight excluding hydrogens is 622 g/mol. The fraction of sp³-hybridized carbons (Fsp3) is 0.556. The Labute approximate surface area is 283 Å². The minimum atomic E-state index is -1.19. The minimum absolute atomic E-state index is 0.0508. The Bertz CT molecular complexity index is 1350. The van der Waals surface area contributed by atoms with Crippen LogP contribution in [0.4, 0.5) is 13.6 Å². The van der Waals surface area contributed by atoms with Crippen molar-refractivity contribution in [3.63, 3.8) is 0 Å². The number of nitrogens with one attached hydrogen (secondary N) is 3. The average Bonchev–Trinajstić information content (AvgIpc) is 2.98. The van der Waals surface area contributed by atoms with Gasteiger partial charge in [-0.1, -0.05) is 13.8 Å². The molecule has 0 fully saturated rings. The van der Waals surface area contributed by atoms with Gasteiger partial charge in [0, 0.05) is 49.8 Å². The second-order valence-electron chi connectivity index (χ2n) is 13.0. The van der Waals surface area contributed by atoms with Crippen LogP contribution in [0.3, 0.4) is 0 Å². The van der Waals surface area contributed by atoms with Crippen molar-refractivity contribution in [3.05, 3.63) is 70.3 Å². The third-order valence-corrected chi connectivity index (χ3v) is 7.28. The van der Waals surface area contributed by atoms with Crippen molar-refractivity contribution >= 4 is 23.8 Å². The number of aliphatic hydroxyl groups is 1. The number of carbonyl (C=O) groups excluding carboxylic acids is 4. The fourth-order valence-electron chi connectivity index (χ4n) is 5.16. The summed E-state index contributed by atoms with van der Waals surface area (Å²) in [6, 6.07) is 6.90. The SMILES string of the molecule is CCCN(CCC)C(=O)c1cc(C)cc(C(=O)N[C@@H](Cc2cc(F)cc(F)c2)[C@@H](O)CCNC(=O)CCCCNC(=O)OC(C)(C)C)c1. The number of benzene rings is 2. The molecule has 48 heavy (non-hydrogen) atoms. The first-order valence-corrected chi connectivity index (χ1v) is 16.7. The van der Waals surface area contributed by atoms with Crippen LogP contribution in [0.1, 0.15) is 105 Å². The maximum Gasteiger partial charge on any atom is 0.407 e. The zero-order valence-corrected chi connectivity index (χ0v) is 29.1. The third kappa shape index (κ3) is 14.8. The van der Waals surface area contributed by atoms with E-state index in [1.807, 2.05) is 13.8 Å². The molecule has 12 heteroatoms. The monoisotopic (exact) mass is 674 g/mol. The van der Waals surface area contributed by atoms with Gasteiger partial charge in [-0.25, -0.2) is 13.6 Å². The Morgan fingerprint density at radius 3 is 2.10 bits per heavy atom. The lowest BCUT2D eigenvalue weighted by Crippen LogP contribution is -2.46. The largest absolute Gasteiger partial charge is 0.444 e. The summed E-state index contributed by atoms with van der Waals surface area (Å²) in [7, 11) is 0. The predicted molar refractivity (Wildman–Crippen MR) is 181 cm³/mol. The van der Waals surface area contributed by atoms with Gasteiger partial charge >= 0.3 is 6.09 Å². The molecule has 0 aromatic heterocycles. The molecule has 0 saturated carbocycles. The van der Waals surface area contributed by atoms with Crippen molar-refractivity contribution in [1.29, 1.82) is 0 Å². The van der Waals surface area contributed by atoms with Crippen molar-refractivity contribution in [2.45, 2.75) is 104 Å². The molecule has 0 spiro atoms. The van der Waals surface area contributed by atoms with Crippen molar-refractivity contribution in [3.8, 4) is 0 Å². The van der Waals surface area contributed by atoms with E-state index < -0.39 is 41.4 Å². The van der Waals surface area contributed by atoms with Gasteiger partial charge in [-0.05, 0) is 108 Å². The third-order valence-electron chi connectivity index (χ3n) is 7.28. The highest BCUT2D eigenvalue weighted by atomic mass is 19.1. The maximum absolute atomic E-state index is 14.0. The molecular formula is C36H52F2N4O6. The molecule has 0 heterocycles. The Kier molecular flexibility index (Phi) is 16.5. The molecule has 0 saturated heterocycles. The van der Waals surface area contributed by atoms with Crippen molar-refractivity contribution in [1.82, 2.24) is 20.9 Å².